The van der Waals surface area contributed by atoms with Gasteiger partial charge in [0.25, 0.3) is 0 Å². The van der Waals surface area contributed by atoms with Crippen molar-refractivity contribution in [1.82, 2.24) is 4.31 Å². The molecule has 0 saturated heterocycles. The van der Waals surface area contributed by atoms with Crippen molar-refractivity contribution in [3.63, 3.8) is 0 Å². The number of amides is 1. The van der Waals surface area contributed by atoms with Crippen molar-refractivity contribution in [3.8, 4) is 5.75 Å². The number of halogens is 1. The Labute approximate surface area is 186 Å². The summed E-state index contributed by atoms with van der Waals surface area (Å²) in [5, 5.41) is 0. The topological polar surface area (TPSA) is 66.9 Å². The molecule has 1 heterocycles. The number of fused-ring (bicyclic) bond motifs is 1. The Bertz CT molecular complexity index is 1000. The molecule has 2 aliphatic rings. The summed E-state index contributed by atoms with van der Waals surface area (Å²) in [6, 6.07) is 13.8. The Hall–Kier alpha value is -1.90. The fourth-order valence-electron chi connectivity index (χ4n) is 4.17. The molecule has 0 N–H and O–H groups in total. The lowest BCUT2D eigenvalue weighted by atomic mass is 9.95. The molecule has 4 rings (SSSR count). The molecule has 2 aromatic rings. The second-order valence-corrected chi connectivity index (χ2v) is 10.5. The first-order valence-corrected chi connectivity index (χ1v) is 12.5. The van der Waals surface area contributed by atoms with E-state index in [2.05, 4.69) is 15.9 Å². The van der Waals surface area contributed by atoms with Crippen molar-refractivity contribution in [3.05, 3.63) is 53.0 Å². The van der Waals surface area contributed by atoms with E-state index in [0.29, 0.717) is 24.6 Å². The van der Waals surface area contributed by atoms with Gasteiger partial charge in [0.2, 0.25) is 15.9 Å². The van der Waals surface area contributed by atoms with Crippen LogP contribution in [0.15, 0.2) is 57.9 Å². The summed E-state index contributed by atoms with van der Waals surface area (Å²) in [5.41, 5.74) is 0.693. The lowest BCUT2D eigenvalue weighted by Gasteiger charge is -2.35. The Morgan fingerprint density at radius 3 is 2.50 bits per heavy atom. The minimum absolute atomic E-state index is 0.160. The number of carbonyl (C=O) groups excluding carboxylic acids is 1. The van der Waals surface area contributed by atoms with Crippen LogP contribution in [0.4, 0.5) is 5.69 Å². The highest BCUT2D eigenvalue weighted by molar-refractivity contribution is 9.10. The maximum atomic E-state index is 13.5. The molecule has 0 radical (unpaired) electrons. The van der Waals surface area contributed by atoms with Gasteiger partial charge in [-0.1, -0.05) is 47.3 Å². The summed E-state index contributed by atoms with van der Waals surface area (Å²) in [6.07, 6.45) is 4.62. The van der Waals surface area contributed by atoms with Crippen LogP contribution >= 0.6 is 15.9 Å². The molecule has 0 unspecified atom stereocenters. The number of anilines is 1. The van der Waals surface area contributed by atoms with Gasteiger partial charge in [0.05, 0.1) is 23.7 Å². The van der Waals surface area contributed by atoms with Gasteiger partial charge in [-0.3, -0.25) is 4.79 Å². The van der Waals surface area contributed by atoms with Crippen LogP contribution in [-0.2, 0) is 14.8 Å². The molecule has 0 atom stereocenters. The van der Waals surface area contributed by atoms with E-state index in [4.69, 9.17) is 4.74 Å². The standard InChI is InChI=1S/C22H25BrN2O4S/c23-17-10-12-19(13-11-17)30(27,28)25(18-6-2-1-3-7-18)16-22(26)24-14-15-29-21-9-5-4-8-20(21)24/h4-5,8-13,18H,1-3,6-7,14-16H2. The number of hydrogen-bond donors (Lipinski definition) is 0. The minimum Gasteiger partial charge on any atom is -0.490 e. The zero-order chi connectivity index (χ0) is 21.1. The number of nitrogens with zero attached hydrogens (tertiary/aromatic N) is 2. The molecule has 0 aromatic heterocycles. The van der Waals surface area contributed by atoms with Crippen molar-refractivity contribution in [2.75, 3.05) is 24.6 Å². The number of rotatable bonds is 5. The van der Waals surface area contributed by atoms with Crippen LogP contribution in [-0.4, -0.2) is 44.4 Å². The van der Waals surface area contributed by atoms with Gasteiger partial charge in [-0.05, 0) is 49.2 Å². The maximum absolute atomic E-state index is 13.5. The first-order chi connectivity index (χ1) is 14.5. The van der Waals surface area contributed by atoms with Gasteiger partial charge in [-0.25, -0.2) is 8.42 Å². The number of carbonyl (C=O) groups is 1. The van der Waals surface area contributed by atoms with E-state index in [1.807, 2.05) is 24.3 Å². The molecule has 160 valence electrons. The molecule has 0 spiro atoms. The van der Waals surface area contributed by atoms with Gasteiger partial charge >= 0.3 is 0 Å². The fraction of sp³-hybridized carbons (Fsp3) is 0.409. The van der Waals surface area contributed by atoms with E-state index in [9.17, 15) is 13.2 Å². The van der Waals surface area contributed by atoms with Gasteiger partial charge in [0, 0.05) is 10.5 Å². The van der Waals surface area contributed by atoms with Gasteiger partial charge in [0.15, 0.2) is 0 Å². The zero-order valence-corrected chi connectivity index (χ0v) is 19.1. The maximum Gasteiger partial charge on any atom is 0.243 e. The molecular formula is C22H25BrN2O4S. The summed E-state index contributed by atoms with van der Waals surface area (Å²) in [6.45, 7) is 0.635. The van der Waals surface area contributed by atoms with E-state index < -0.39 is 10.0 Å². The average Bonchev–Trinajstić information content (AvgIpc) is 2.77. The Kier molecular flexibility index (Phi) is 6.46. The predicted molar refractivity (Wildman–Crippen MR) is 119 cm³/mol. The summed E-state index contributed by atoms with van der Waals surface area (Å²) >= 11 is 3.35. The van der Waals surface area contributed by atoms with Gasteiger partial charge in [-0.15, -0.1) is 0 Å². The summed E-state index contributed by atoms with van der Waals surface area (Å²) < 4.78 is 34.9. The number of ether oxygens (including phenoxy) is 1. The molecule has 30 heavy (non-hydrogen) atoms. The number of sulfonamides is 1. The van der Waals surface area contributed by atoms with Crippen LogP contribution < -0.4 is 9.64 Å². The van der Waals surface area contributed by atoms with Crippen LogP contribution in [0.1, 0.15) is 32.1 Å². The third-order valence-corrected chi connectivity index (χ3v) is 8.16. The SMILES string of the molecule is O=C(CN(C1CCCCC1)S(=O)(=O)c1ccc(Br)cc1)N1CCOc2ccccc21. The van der Waals surface area contributed by atoms with Crippen LogP contribution in [0, 0.1) is 0 Å². The average molecular weight is 493 g/mol. The van der Waals surface area contributed by atoms with Crippen molar-refractivity contribution in [2.24, 2.45) is 0 Å². The van der Waals surface area contributed by atoms with Crippen LogP contribution in [0.3, 0.4) is 0 Å². The first-order valence-electron chi connectivity index (χ1n) is 10.3. The van der Waals surface area contributed by atoms with E-state index in [1.165, 1.54) is 4.31 Å². The Balaban J connectivity index is 1.64. The minimum atomic E-state index is -3.79. The third kappa shape index (κ3) is 4.40. The Morgan fingerprint density at radius 2 is 1.77 bits per heavy atom. The lowest BCUT2D eigenvalue weighted by Crippen LogP contribution is -2.49. The molecule has 2 aromatic carbocycles. The molecule has 0 bridgehead atoms. The molecule has 1 fully saturated rings. The van der Waals surface area contributed by atoms with Gasteiger partial charge in [0.1, 0.15) is 12.4 Å². The van der Waals surface area contributed by atoms with Crippen molar-refractivity contribution in [1.29, 1.82) is 0 Å². The largest absolute Gasteiger partial charge is 0.490 e. The van der Waals surface area contributed by atoms with Gasteiger partial charge < -0.3 is 9.64 Å². The Morgan fingerprint density at radius 1 is 1.07 bits per heavy atom. The molecule has 8 heteroatoms. The number of benzene rings is 2. The molecular weight excluding hydrogens is 468 g/mol. The normalized spacial score (nSPS) is 17.5. The van der Waals surface area contributed by atoms with E-state index in [1.54, 1.807) is 29.2 Å². The highest BCUT2D eigenvalue weighted by Gasteiger charge is 2.36. The highest BCUT2D eigenvalue weighted by Crippen LogP contribution is 2.33. The fourth-order valence-corrected chi connectivity index (χ4v) is 6.07. The van der Waals surface area contributed by atoms with Crippen molar-refractivity contribution >= 4 is 37.5 Å². The lowest BCUT2D eigenvalue weighted by molar-refractivity contribution is -0.119. The number of para-hydroxylation sites is 2. The summed E-state index contributed by atoms with van der Waals surface area (Å²) in [7, 11) is -3.79. The third-order valence-electron chi connectivity index (χ3n) is 5.72. The molecule has 1 amide bonds. The zero-order valence-electron chi connectivity index (χ0n) is 16.7. The summed E-state index contributed by atoms with van der Waals surface area (Å²) in [4.78, 5) is 15.2. The van der Waals surface area contributed by atoms with E-state index in [-0.39, 0.29) is 23.4 Å². The number of hydrogen-bond acceptors (Lipinski definition) is 4. The molecule has 1 aliphatic carbocycles. The highest BCUT2D eigenvalue weighted by atomic mass is 79.9. The smallest absolute Gasteiger partial charge is 0.243 e. The van der Waals surface area contributed by atoms with Crippen molar-refractivity contribution < 1.29 is 17.9 Å². The summed E-state index contributed by atoms with van der Waals surface area (Å²) in [5.74, 6) is 0.425. The quantitative estimate of drug-likeness (QED) is 0.627. The first kappa shape index (κ1) is 21.3. The van der Waals surface area contributed by atoms with Crippen LogP contribution in [0.5, 0.6) is 5.75 Å². The monoisotopic (exact) mass is 492 g/mol. The van der Waals surface area contributed by atoms with Crippen molar-refractivity contribution in [2.45, 2.75) is 43.0 Å². The molecule has 6 nitrogen and oxygen atoms in total. The van der Waals surface area contributed by atoms with E-state index >= 15 is 0 Å². The second-order valence-electron chi connectivity index (χ2n) is 7.66. The van der Waals surface area contributed by atoms with Crippen LogP contribution in [0.25, 0.3) is 0 Å². The molecule has 1 saturated carbocycles. The van der Waals surface area contributed by atoms with Gasteiger partial charge in [-0.2, -0.15) is 4.31 Å². The van der Waals surface area contributed by atoms with E-state index in [0.717, 1.165) is 36.6 Å². The van der Waals surface area contributed by atoms with Crippen LogP contribution in [0.2, 0.25) is 0 Å². The predicted octanol–water partition coefficient (Wildman–Crippen LogP) is 4.20. The second kappa shape index (κ2) is 9.08. The molecule has 1 aliphatic heterocycles.